The van der Waals surface area contributed by atoms with Gasteiger partial charge in [-0.15, -0.1) is 0 Å². The highest BCUT2D eigenvalue weighted by atomic mass is 19.4. The second-order valence-corrected chi connectivity index (χ2v) is 5.33. The van der Waals surface area contributed by atoms with Gasteiger partial charge in [0.05, 0.1) is 24.7 Å². The number of nitrogens with zero attached hydrogens (tertiary/aromatic N) is 1. The summed E-state index contributed by atoms with van der Waals surface area (Å²) in [6, 6.07) is 3.69. The van der Waals surface area contributed by atoms with Crippen molar-refractivity contribution in [1.82, 2.24) is 0 Å². The van der Waals surface area contributed by atoms with Crippen LogP contribution in [0.1, 0.15) is 24.0 Å². The summed E-state index contributed by atoms with van der Waals surface area (Å²) in [6.45, 7) is 0.867. The van der Waals surface area contributed by atoms with Crippen molar-refractivity contribution in [2.45, 2.75) is 19.0 Å². The van der Waals surface area contributed by atoms with Gasteiger partial charge in [-0.1, -0.05) is 18.2 Å². The van der Waals surface area contributed by atoms with E-state index in [2.05, 4.69) is 9.47 Å². The molecule has 0 heterocycles. The molecule has 0 saturated carbocycles. The monoisotopic (exact) mass is 391 g/mol. The van der Waals surface area contributed by atoms with Crippen molar-refractivity contribution in [1.29, 1.82) is 0 Å². The van der Waals surface area contributed by atoms with Crippen LogP contribution in [0.15, 0.2) is 35.9 Å². The van der Waals surface area contributed by atoms with E-state index in [0.717, 1.165) is 39.3 Å². The largest absolute Gasteiger partial charge is 0.476 e. The Balaban J connectivity index is 3.95. The van der Waals surface area contributed by atoms with Gasteiger partial charge in [-0.25, -0.2) is 0 Å². The molecule has 0 fully saturated rings. The zero-order valence-corrected chi connectivity index (χ0v) is 14.4. The number of hydrogen-bond donors (Lipinski definition) is 1. The van der Waals surface area contributed by atoms with Crippen molar-refractivity contribution < 1.29 is 42.3 Å². The molecule has 0 radical (unpaired) electrons. The molecular formula is C16H16F3NO7. The van der Waals surface area contributed by atoms with E-state index in [4.69, 9.17) is 0 Å². The Morgan fingerprint density at radius 1 is 1.19 bits per heavy atom. The zero-order chi connectivity index (χ0) is 20.9. The number of benzene rings is 1. The molecule has 0 aliphatic heterocycles. The van der Waals surface area contributed by atoms with E-state index >= 15 is 0 Å². The number of ketones is 1. The molecular weight excluding hydrogens is 375 g/mol. The molecule has 2 atom stereocenters. The van der Waals surface area contributed by atoms with E-state index in [-0.39, 0.29) is 0 Å². The van der Waals surface area contributed by atoms with Crippen LogP contribution in [0.4, 0.5) is 13.2 Å². The van der Waals surface area contributed by atoms with Crippen LogP contribution in [0.2, 0.25) is 0 Å². The summed E-state index contributed by atoms with van der Waals surface area (Å²) in [5.41, 5.74) is -3.35. The third-order valence-electron chi connectivity index (χ3n) is 3.73. The van der Waals surface area contributed by atoms with Crippen LogP contribution in [0.5, 0.6) is 0 Å². The number of rotatable bonds is 7. The maximum absolute atomic E-state index is 13.4. The van der Waals surface area contributed by atoms with Crippen molar-refractivity contribution in [2.24, 2.45) is 5.92 Å². The Hall–Kier alpha value is -3.11. The second-order valence-electron chi connectivity index (χ2n) is 5.33. The van der Waals surface area contributed by atoms with Crippen LogP contribution in [-0.2, 0) is 25.2 Å². The van der Waals surface area contributed by atoms with E-state index in [1.165, 1.54) is 0 Å². The average molecular weight is 391 g/mol. The van der Waals surface area contributed by atoms with E-state index in [0.29, 0.717) is 6.07 Å². The smallest absolute Gasteiger partial charge is 0.416 e. The van der Waals surface area contributed by atoms with Crippen molar-refractivity contribution in [3.05, 3.63) is 57.1 Å². The lowest BCUT2D eigenvalue weighted by Crippen LogP contribution is -2.34. The molecule has 0 saturated heterocycles. The fourth-order valence-electron chi connectivity index (χ4n) is 2.60. The van der Waals surface area contributed by atoms with Gasteiger partial charge in [0, 0.05) is 0 Å². The Morgan fingerprint density at radius 3 is 2.15 bits per heavy atom. The SMILES string of the molecule is COC(=O)C(C(C)=O)C(C(=C(O)OC)[N+](=O)[O-])c1ccccc1C(F)(F)F. The minimum Gasteiger partial charge on any atom is -0.476 e. The maximum atomic E-state index is 13.4. The molecule has 2 unspecified atom stereocenters. The first kappa shape index (κ1) is 21.9. The summed E-state index contributed by atoms with van der Waals surface area (Å²) >= 11 is 0. The van der Waals surface area contributed by atoms with E-state index in [1.54, 1.807) is 0 Å². The molecule has 0 aliphatic rings. The van der Waals surface area contributed by atoms with Gasteiger partial charge in [-0.2, -0.15) is 13.2 Å². The highest BCUT2D eigenvalue weighted by Crippen LogP contribution is 2.42. The third-order valence-corrected chi connectivity index (χ3v) is 3.73. The van der Waals surface area contributed by atoms with E-state index < -0.39 is 57.5 Å². The average Bonchev–Trinajstić information content (AvgIpc) is 2.59. The molecule has 27 heavy (non-hydrogen) atoms. The highest BCUT2D eigenvalue weighted by Gasteiger charge is 2.48. The summed E-state index contributed by atoms with van der Waals surface area (Å²) in [7, 11) is 1.71. The number of carbonyl (C=O) groups excluding carboxylic acids is 2. The van der Waals surface area contributed by atoms with Crippen LogP contribution >= 0.6 is 0 Å². The Morgan fingerprint density at radius 2 is 1.74 bits per heavy atom. The molecule has 0 aromatic heterocycles. The lowest BCUT2D eigenvalue weighted by atomic mass is 9.79. The second kappa shape index (κ2) is 8.52. The first-order valence-electron chi connectivity index (χ1n) is 7.33. The van der Waals surface area contributed by atoms with Crippen molar-refractivity contribution in [3.8, 4) is 0 Å². The summed E-state index contributed by atoms with van der Waals surface area (Å²) in [6.07, 6.45) is -4.95. The number of aliphatic hydroxyl groups excluding tert-OH is 1. The number of alkyl halides is 3. The molecule has 0 spiro atoms. The number of allylic oxidation sites excluding steroid dienone is 1. The van der Waals surface area contributed by atoms with Gasteiger partial charge in [0.25, 0.3) is 0 Å². The molecule has 1 rings (SSSR count). The van der Waals surface area contributed by atoms with Gasteiger partial charge in [-0.3, -0.25) is 19.7 Å². The molecule has 0 aliphatic carbocycles. The molecule has 0 bridgehead atoms. The van der Waals surface area contributed by atoms with Crippen LogP contribution in [-0.4, -0.2) is 36.0 Å². The van der Waals surface area contributed by atoms with Crippen molar-refractivity contribution in [2.75, 3.05) is 14.2 Å². The third kappa shape index (κ3) is 4.74. The number of esters is 1. The fraction of sp³-hybridized carbons (Fsp3) is 0.375. The molecule has 1 N–H and O–H groups in total. The maximum Gasteiger partial charge on any atom is 0.416 e. The molecule has 0 amide bonds. The standard InChI is InChI=1S/C16H16F3NO7/c1-8(21)11(14(22)26-2)12(13(20(24)25)15(23)27-3)9-6-4-5-7-10(9)16(17,18)19/h4-7,11-12,23H,1-3H3. The van der Waals surface area contributed by atoms with Gasteiger partial charge in [0.1, 0.15) is 17.6 Å². The summed E-state index contributed by atoms with van der Waals surface area (Å²) in [4.78, 5) is 34.3. The minimum absolute atomic E-state index is 0.637. The number of methoxy groups -OCH3 is 2. The fourth-order valence-corrected chi connectivity index (χ4v) is 2.60. The molecule has 148 valence electrons. The molecule has 11 heteroatoms. The Kier molecular flexibility index (Phi) is 6.92. The van der Waals surface area contributed by atoms with Gasteiger partial charge in [-0.05, 0) is 18.6 Å². The van der Waals surface area contributed by atoms with Crippen LogP contribution < -0.4 is 0 Å². The number of carbonyl (C=O) groups is 2. The van der Waals surface area contributed by atoms with Crippen molar-refractivity contribution >= 4 is 11.8 Å². The Labute approximate surface area is 151 Å². The lowest BCUT2D eigenvalue weighted by molar-refractivity contribution is -0.436. The van der Waals surface area contributed by atoms with Gasteiger partial charge in [0.2, 0.25) is 0 Å². The zero-order valence-electron chi connectivity index (χ0n) is 14.4. The normalized spacial score (nSPS) is 14.6. The minimum atomic E-state index is -4.95. The lowest BCUT2D eigenvalue weighted by Gasteiger charge is -2.24. The predicted molar refractivity (Wildman–Crippen MR) is 84.0 cm³/mol. The number of halogens is 3. The summed E-state index contributed by atoms with van der Waals surface area (Å²) < 4.78 is 49.1. The summed E-state index contributed by atoms with van der Waals surface area (Å²) in [5.74, 6) is -7.75. The van der Waals surface area contributed by atoms with Crippen LogP contribution in [0.3, 0.4) is 0 Å². The Bertz CT molecular complexity index is 774. The number of Topliss-reactive ketones (excluding diaryl/α,β-unsaturated/α-hetero) is 1. The first-order chi connectivity index (χ1) is 12.5. The van der Waals surface area contributed by atoms with Crippen LogP contribution in [0.25, 0.3) is 0 Å². The number of ether oxygens (including phenoxy) is 2. The topological polar surface area (TPSA) is 116 Å². The number of aliphatic hydroxyl groups is 1. The van der Waals surface area contributed by atoms with E-state index in [9.17, 15) is 38.0 Å². The number of hydrogen-bond acceptors (Lipinski definition) is 7. The quantitative estimate of drug-likeness (QED) is 0.250. The van der Waals surface area contributed by atoms with Crippen LogP contribution in [0, 0.1) is 16.0 Å². The molecule has 1 aromatic carbocycles. The van der Waals surface area contributed by atoms with Gasteiger partial charge in [0.15, 0.2) is 0 Å². The van der Waals surface area contributed by atoms with E-state index in [1.807, 2.05) is 0 Å². The van der Waals surface area contributed by atoms with Crippen molar-refractivity contribution in [3.63, 3.8) is 0 Å². The first-order valence-corrected chi connectivity index (χ1v) is 7.33. The molecule has 8 nitrogen and oxygen atoms in total. The predicted octanol–water partition coefficient (Wildman–Crippen LogP) is 2.82. The van der Waals surface area contributed by atoms with Gasteiger partial charge >= 0.3 is 23.8 Å². The van der Waals surface area contributed by atoms with Gasteiger partial charge < -0.3 is 14.6 Å². The highest BCUT2D eigenvalue weighted by molar-refractivity contribution is 5.99. The molecule has 1 aromatic rings. The summed E-state index contributed by atoms with van der Waals surface area (Å²) in [5, 5.41) is 21.2. The number of nitro groups is 1.